The van der Waals surface area contributed by atoms with Gasteiger partial charge < -0.3 is 10.6 Å². The summed E-state index contributed by atoms with van der Waals surface area (Å²) in [6.45, 7) is -0.0520. The third kappa shape index (κ3) is 3.92. The van der Waals surface area contributed by atoms with Gasteiger partial charge in [-0.2, -0.15) is 0 Å². The number of anilines is 1. The highest BCUT2D eigenvalue weighted by molar-refractivity contribution is 7.90. The van der Waals surface area contributed by atoms with E-state index < -0.39 is 26.4 Å². The molecule has 9 heteroatoms. The Morgan fingerprint density at radius 2 is 2.05 bits per heavy atom. The zero-order chi connectivity index (χ0) is 15.5. The molecule has 0 fully saturated rings. The van der Waals surface area contributed by atoms with Gasteiger partial charge in [0, 0.05) is 19.8 Å². The van der Waals surface area contributed by atoms with Crippen LogP contribution >= 0.6 is 0 Å². The van der Waals surface area contributed by atoms with Gasteiger partial charge in [-0.05, 0) is 12.1 Å². The van der Waals surface area contributed by atoms with Gasteiger partial charge in [-0.3, -0.25) is 14.9 Å². The highest BCUT2D eigenvalue weighted by Crippen LogP contribution is 2.26. The van der Waals surface area contributed by atoms with Crippen LogP contribution < -0.4 is 5.73 Å². The summed E-state index contributed by atoms with van der Waals surface area (Å²) < 4.78 is 22.1. The molecule has 0 radical (unpaired) electrons. The molecule has 0 aliphatic carbocycles. The van der Waals surface area contributed by atoms with Crippen molar-refractivity contribution in [1.29, 1.82) is 0 Å². The minimum atomic E-state index is -3.22. The first-order chi connectivity index (χ1) is 9.13. The van der Waals surface area contributed by atoms with Crippen LogP contribution in [0.25, 0.3) is 0 Å². The molecule has 0 saturated carbocycles. The molecule has 1 amide bonds. The minimum absolute atomic E-state index is 0.0520. The first-order valence-electron chi connectivity index (χ1n) is 5.59. The number of nitro groups is 1. The van der Waals surface area contributed by atoms with Gasteiger partial charge in [-0.1, -0.05) is 6.07 Å². The molecule has 110 valence electrons. The van der Waals surface area contributed by atoms with Gasteiger partial charge in [0.2, 0.25) is 0 Å². The summed E-state index contributed by atoms with van der Waals surface area (Å²) in [6, 6.07) is 4.04. The molecule has 1 rings (SSSR count). The molecule has 8 nitrogen and oxygen atoms in total. The summed E-state index contributed by atoms with van der Waals surface area (Å²) in [7, 11) is -1.85. The van der Waals surface area contributed by atoms with Crippen LogP contribution in [0.2, 0.25) is 0 Å². The third-order valence-electron chi connectivity index (χ3n) is 2.62. The lowest BCUT2D eigenvalue weighted by atomic mass is 10.1. The predicted octanol–water partition coefficient (Wildman–Crippen LogP) is 0.294. The molecule has 0 aromatic heterocycles. The van der Waals surface area contributed by atoms with Crippen LogP contribution in [0.1, 0.15) is 10.4 Å². The van der Waals surface area contributed by atoms with Gasteiger partial charge >= 0.3 is 5.69 Å². The van der Waals surface area contributed by atoms with E-state index >= 15 is 0 Å². The molecule has 0 atom stereocenters. The molecule has 1 aromatic carbocycles. The number of hydrogen-bond donors (Lipinski definition) is 1. The lowest BCUT2D eigenvalue weighted by Gasteiger charge is -2.16. The van der Waals surface area contributed by atoms with Gasteiger partial charge in [0.15, 0.2) is 0 Å². The standard InChI is InChI=1S/C11H15N3O5S/c1-13(6-7-20(2,18)19)11(15)8-4-3-5-9(12)10(8)14(16)17/h3-5H,6-7,12H2,1-2H3. The molecular weight excluding hydrogens is 286 g/mol. The van der Waals surface area contributed by atoms with E-state index in [0.29, 0.717) is 0 Å². The van der Waals surface area contributed by atoms with Crippen molar-refractivity contribution in [2.24, 2.45) is 0 Å². The number of nitro benzene ring substituents is 1. The van der Waals surface area contributed by atoms with E-state index in [1.54, 1.807) is 0 Å². The van der Waals surface area contributed by atoms with Crippen LogP contribution in [-0.2, 0) is 9.84 Å². The summed E-state index contributed by atoms with van der Waals surface area (Å²) in [5.74, 6) is -0.863. The second kappa shape index (κ2) is 5.87. The average Bonchev–Trinajstić information content (AvgIpc) is 2.33. The van der Waals surface area contributed by atoms with Crippen LogP contribution in [0.3, 0.4) is 0 Å². The van der Waals surface area contributed by atoms with E-state index in [4.69, 9.17) is 5.73 Å². The maximum atomic E-state index is 12.1. The van der Waals surface area contributed by atoms with E-state index in [1.165, 1.54) is 25.2 Å². The quantitative estimate of drug-likeness (QED) is 0.473. The highest BCUT2D eigenvalue weighted by Gasteiger charge is 2.25. The number of nitrogens with two attached hydrogens (primary N) is 1. The molecule has 0 heterocycles. The minimum Gasteiger partial charge on any atom is -0.393 e. The number of amides is 1. The Balaban J connectivity index is 3.04. The predicted molar refractivity (Wildman–Crippen MR) is 74.2 cm³/mol. The number of sulfone groups is 1. The van der Waals surface area contributed by atoms with Crippen molar-refractivity contribution in [3.8, 4) is 0 Å². The van der Waals surface area contributed by atoms with Crippen molar-refractivity contribution >= 4 is 27.1 Å². The molecule has 0 spiro atoms. The molecular formula is C11H15N3O5S. The van der Waals surface area contributed by atoms with Crippen molar-refractivity contribution in [2.45, 2.75) is 0 Å². The largest absolute Gasteiger partial charge is 0.393 e. The van der Waals surface area contributed by atoms with Crippen molar-refractivity contribution in [3.63, 3.8) is 0 Å². The van der Waals surface area contributed by atoms with Crippen molar-refractivity contribution in [3.05, 3.63) is 33.9 Å². The lowest BCUT2D eigenvalue weighted by molar-refractivity contribution is -0.384. The number of para-hydroxylation sites is 1. The summed E-state index contributed by atoms with van der Waals surface area (Å²) in [5.41, 5.74) is 4.75. The van der Waals surface area contributed by atoms with E-state index in [9.17, 15) is 23.3 Å². The average molecular weight is 301 g/mol. The van der Waals surface area contributed by atoms with Crippen molar-refractivity contribution in [1.82, 2.24) is 4.90 Å². The summed E-state index contributed by atoms with van der Waals surface area (Å²) >= 11 is 0. The van der Waals surface area contributed by atoms with Crippen LogP contribution in [-0.4, -0.2) is 49.7 Å². The van der Waals surface area contributed by atoms with Gasteiger partial charge in [0.05, 0.1) is 10.7 Å². The van der Waals surface area contributed by atoms with E-state index in [2.05, 4.69) is 0 Å². The second-order valence-electron chi connectivity index (χ2n) is 4.36. The monoisotopic (exact) mass is 301 g/mol. The fourth-order valence-electron chi connectivity index (χ4n) is 1.55. The van der Waals surface area contributed by atoms with E-state index in [0.717, 1.165) is 11.2 Å². The van der Waals surface area contributed by atoms with Crippen LogP contribution in [0.4, 0.5) is 11.4 Å². The van der Waals surface area contributed by atoms with Gasteiger partial charge in [0.25, 0.3) is 5.91 Å². The Morgan fingerprint density at radius 3 is 2.55 bits per heavy atom. The number of carbonyl (C=O) groups is 1. The van der Waals surface area contributed by atoms with Gasteiger partial charge in [0.1, 0.15) is 21.1 Å². The molecule has 1 aromatic rings. The Bertz CT molecular complexity index is 641. The van der Waals surface area contributed by atoms with Gasteiger partial charge in [-0.15, -0.1) is 0 Å². The summed E-state index contributed by atoms with van der Waals surface area (Å²) in [4.78, 5) is 23.4. The topological polar surface area (TPSA) is 124 Å². The molecule has 20 heavy (non-hydrogen) atoms. The number of carbonyl (C=O) groups excluding carboxylic acids is 1. The fourth-order valence-corrected chi connectivity index (χ4v) is 2.15. The Kier molecular flexibility index (Phi) is 4.66. The van der Waals surface area contributed by atoms with Crippen LogP contribution in [0.5, 0.6) is 0 Å². The number of nitrogen functional groups attached to an aromatic ring is 1. The summed E-state index contributed by atoms with van der Waals surface area (Å²) in [5, 5.41) is 10.9. The zero-order valence-corrected chi connectivity index (χ0v) is 11.9. The number of benzene rings is 1. The maximum Gasteiger partial charge on any atom is 0.304 e. The Hall–Kier alpha value is -2.16. The molecule has 0 bridgehead atoms. The van der Waals surface area contributed by atoms with Crippen LogP contribution in [0.15, 0.2) is 18.2 Å². The Morgan fingerprint density at radius 1 is 1.45 bits per heavy atom. The summed E-state index contributed by atoms with van der Waals surface area (Å²) in [6.07, 6.45) is 1.05. The smallest absolute Gasteiger partial charge is 0.304 e. The SMILES string of the molecule is CN(CCS(C)(=O)=O)C(=O)c1cccc(N)c1[N+](=O)[O-]. The fraction of sp³-hybridized carbons (Fsp3) is 0.364. The molecule has 0 aliphatic rings. The molecule has 2 N–H and O–H groups in total. The molecule has 0 saturated heterocycles. The van der Waals surface area contributed by atoms with E-state index in [1.807, 2.05) is 0 Å². The third-order valence-corrected chi connectivity index (χ3v) is 3.55. The molecule has 0 aliphatic heterocycles. The first kappa shape index (κ1) is 15.9. The number of nitrogens with zero attached hydrogens (tertiary/aromatic N) is 2. The Labute approximate surface area is 116 Å². The lowest BCUT2D eigenvalue weighted by Crippen LogP contribution is -2.32. The highest BCUT2D eigenvalue weighted by atomic mass is 32.2. The number of hydrogen-bond acceptors (Lipinski definition) is 6. The van der Waals surface area contributed by atoms with Crippen molar-refractivity contribution in [2.75, 3.05) is 31.3 Å². The normalized spacial score (nSPS) is 11.1. The first-order valence-corrected chi connectivity index (χ1v) is 7.65. The second-order valence-corrected chi connectivity index (χ2v) is 6.62. The van der Waals surface area contributed by atoms with Crippen molar-refractivity contribution < 1.29 is 18.1 Å². The van der Waals surface area contributed by atoms with E-state index in [-0.39, 0.29) is 23.5 Å². The number of rotatable bonds is 5. The molecule has 0 unspecified atom stereocenters. The maximum absolute atomic E-state index is 12.1. The van der Waals surface area contributed by atoms with Crippen LogP contribution in [0, 0.1) is 10.1 Å². The van der Waals surface area contributed by atoms with Gasteiger partial charge in [-0.25, -0.2) is 8.42 Å². The zero-order valence-electron chi connectivity index (χ0n) is 11.1.